The zero-order valence-corrected chi connectivity index (χ0v) is 8.03. The normalized spacial score (nSPS) is 10.1. The first-order chi connectivity index (χ1) is 6.84. The minimum atomic E-state index is 0.383. The molecule has 0 aliphatic rings. The lowest BCUT2D eigenvalue weighted by Crippen LogP contribution is -2.00. The predicted molar refractivity (Wildman–Crippen MR) is 53.1 cm³/mol. The predicted octanol–water partition coefficient (Wildman–Crippen LogP) is 2.34. The van der Waals surface area contributed by atoms with Crippen molar-refractivity contribution in [2.45, 2.75) is 6.54 Å². The third kappa shape index (κ3) is 2.23. The third-order valence-electron chi connectivity index (χ3n) is 1.66. The average molecular weight is 210 g/mol. The third-order valence-corrected chi connectivity index (χ3v) is 1.86. The van der Waals surface area contributed by atoms with Gasteiger partial charge in [0.2, 0.25) is 0 Å². The highest BCUT2D eigenvalue weighted by Crippen LogP contribution is 2.08. The van der Waals surface area contributed by atoms with Crippen LogP contribution in [0.5, 0.6) is 0 Å². The summed E-state index contributed by atoms with van der Waals surface area (Å²) in [7, 11) is 0. The maximum Gasteiger partial charge on any atom is 0.151 e. The number of furan rings is 1. The summed E-state index contributed by atoms with van der Waals surface area (Å²) < 4.78 is 5.14. The number of nitrogens with one attached hydrogen (secondary N) is 1. The van der Waals surface area contributed by atoms with Crippen LogP contribution in [0.25, 0.3) is 0 Å². The molecule has 0 radical (unpaired) electrons. The first-order valence-corrected chi connectivity index (χ1v) is 4.48. The molecule has 2 aromatic rings. The Morgan fingerprint density at radius 2 is 2.21 bits per heavy atom. The van der Waals surface area contributed by atoms with Crippen molar-refractivity contribution in [3.05, 3.63) is 41.4 Å². The molecule has 0 aliphatic carbocycles. The number of anilines is 1. The molecule has 5 heteroatoms. The van der Waals surface area contributed by atoms with Gasteiger partial charge < -0.3 is 9.73 Å². The Labute approximate surface area is 85.9 Å². The van der Waals surface area contributed by atoms with Crippen molar-refractivity contribution < 1.29 is 4.42 Å². The zero-order chi connectivity index (χ0) is 9.80. The minimum Gasteiger partial charge on any atom is -0.467 e. The van der Waals surface area contributed by atoms with Gasteiger partial charge in [-0.05, 0) is 24.3 Å². The van der Waals surface area contributed by atoms with E-state index in [-0.39, 0.29) is 0 Å². The Bertz CT molecular complexity index is 385. The molecule has 14 heavy (non-hydrogen) atoms. The van der Waals surface area contributed by atoms with E-state index in [0.717, 1.165) is 5.76 Å². The van der Waals surface area contributed by atoms with Gasteiger partial charge in [-0.1, -0.05) is 11.6 Å². The Hall–Kier alpha value is -1.55. The molecule has 1 N–H and O–H groups in total. The fraction of sp³-hybridized carbons (Fsp3) is 0.111. The van der Waals surface area contributed by atoms with Crippen molar-refractivity contribution in [3.63, 3.8) is 0 Å². The topological polar surface area (TPSA) is 51.0 Å². The smallest absolute Gasteiger partial charge is 0.151 e. The number of halogens is 1. The number of nitrogens with zero attached hydrogens (tertiary/aromatic N) is 2. The van der Waals surface area contributed by atoms with Crippen LogP contribution in [-0.4, -0.2) is 10.2 Å². The minimum absolute atomic E-state index is 0.383. The van der Waals surface area contributed by atoms with Crippen LogP contribution in [0.15, 0.2) is 34.9 Å². The molecule has 0 amide bonds. The maximum absolute atomic E-state index is 5.59. The average Bonchev–Trinajstić information content (AvgIpc) is 2.70. The van der Waals surface area contributed by atoms with Crippen LogP contribution in [-0.2, 0) is 6.54 Å². The molecule has 0 spiro atoms. The number of hydrogen-bond acceptors (Lipinski definition) is 4. The highest BCUT2D eigenvalue weighted by molar-refractivity contribution is 6.29. The van der Waals surface area contributed by atoms with E-state index >= 15 is 0 Å². The lowest BCUT2D eigenvalue weighted by atomic mass is 10.4. The fourth-order valence-electron chi connectivity index (χ4n) is 1.00. The summed E-state index contributed by atoms with van der Waals surface area (Å²) in [5.74, 6) is 1.52. The molecule has 0 atom stereocenters. The van der Waals surface area contributed by atoms with Gasteiger partial charge in [-0.25, -0.2) is 0 Å². The van der Waals surface area contributed by atoms with Crippen LogP contribution in [0.2, 0.25) is 5.15 Å². The summed E-state index contributed by atoms with van der Waals surface area (Å²) in [6.45, 7) is 0.587. The number of rotatable bonds is 3. The highest BCUT2D eigenvalue weighted by Gasteiger charge is 1.97. The molecular weight excluding hydrogens is 202 g/mol. The number of aromatic nitrogens is 2. The van der Waals surface area contributed by atoms with Crippen molar-refractivity contribution in [1.29, 1.82) is 0 Å². The van der Waals surface area contributed by atoms with Gasteiger partial charge >= 0.3 is 0 Å². The second-order valence-electron chi connectivity index (χ2n) is 2.67. The van der Waals surface area contributed by atoms with E-state index in [4.69, 9.17) is 16.0 Å². The lowest BCUT2D eigenvalue weighted by molar-refractivity contribution is 0.517. The van der Waals surface area contributed by atoms with Gasteiger partial charge in [0, 0.05) is 0 Å². The zero-order valence-electron chi connectivity index (χ0n) is 7.27. The van der Waals surface area contributed by atoms with Crippen LogP contribution in [0.3, 0.4) is 0 Å². The van der Waals surface area contributed by atoms with Gasteiger partial charge in [0.15, 0.2) is 5.15 Å². The van der Waals surface area contributed by atoms with Crippen molar-refractivity contribution in [1.82, 2.24) is 10.2 Å². The molecule has 0 aliphatic heterocycles. The van der Waals surface area contributed by atoms with Gasteiger partial charge in [-0.2, -0.15) is 0 Å². The monoisotopic (exact) mass is 209 g/mol. The summed E-state index contributed by atoms with van der Waals surface area (Å²) in [6.07, 6.45) is 1.63. The van der Waals surface area contributed by atoms with Crippen molar-refractivity contribution in [3.8, 4) is 0 Å². The van der Waals surface area contributed by atoms with Crippen molar-refractivity contribution >= 4 is 17.4 Å². The van der Waals surface area contributed by atoms with Gasteiger partial charge in [0.05, 0.1) is 12.8 Å². The molecule has 0 saturated carbocycles. The van der Waals surface area contributed by atoms with Gasteiger partial charge in [0.25, 0.3) is 0 Å². The van der Waals surface area contributed by atoms with Gasteiger partial charge in [-0.15, -0.1) is 10.2 Å². The molecule has 2 aromatic heterocycles. The van der Waals surface area contributed by atoms with Crippen molar-refractivity contribution in [2.24, 2.45) is 0 Å². The molecule has 0 saturated heterocycles. The summed E-state index contributed by atoms with van der Waals surface area (Å²) >= 11 is 5.59. The Morgan fingerprint density at radius 3 is 2.86 bits per heavy atom. The first-order valence-electron chi connectivity index (χ1n) is 4.10. The largest absolute Gasteiger partial charge is 0.467 e. The highest BCUT2D eigenvalue weighted by atomic mass is 35.5. The molecule has 0 unspecified atom stereocenters. The Balaban J connectivity index is 1.95. The second-order valence-corrected chi connectivity index (χ2v) is 3.06. The van der Waals surface area contributed by atoms with Crippen LogP contribution in [0, 0.1) is 0 Å². The number of hydrogen-bond donors (Lipinski definition) is 1. The maximum atomic E-state index is 5.59. The molecule has 4 nitrogen and oxygen atoms in total. The summed E-state index contributed by atoms with van der Waals surface area (Å²) in [6, 6.07) is 7.16. The van der Waals surface area contributed by atoms with E-state index < -0.39 is 0 Å². The van der Waals surface area contributed by atoms with Crippen LogP contribution in [0.1, 0.15) is 5.76 Å². The van der Waals surface area contributed by atoms with E-state index in [0.29, 0.717) is 17.5 Å². The first kappa shape index (κ1) is 9.02. The van der Waals surface area contributed by atoms with Crippen LogP contribution >= 0.6 is 11.6 Å². The molecule has 72 valence electrons. The summed E-state index contributed by atoms with van der Waals surface area (Å²) in [4.78, 5) is 0. The molecule has 0 fully saturated rings. The lowest BCUT2D eigenvalue weighted by Gasteiger charge is -2.01. The van der Waals surface area contributed by atoms with Gasteiger partial charge in [0.1, 0.15) is 11.6 Å². The second kappa shape index (κ2) is 4.11. The van der Waals surface area contributed by atoms with E-state index in [2.05, 4.69) is 15.5 Å². The molecule has 0 aromatic carbocycles. The molecular formula is C9H8ClN3O. The Morgan fingerprint density at radius 1 is 1.29 bits per heavy atom. The summed E-state index contributed by atoms with van der Waals surface area (Å²) in [5, 5.41) is 11.0. The van der Waals surface area contributed by atoms with Gasteiger partial charge in [-0.3, -0.25) is 0 Å². The van der Waals surface area contributed by atoms with E-state index in [1.807, 2.05) is 12.1 Å². The molecule has 2 rings (SSSR count). The molecule has 2 heterocycles. The van der Waals surface area contributed by atoms with E-state index in [1.165, 1.54) is 0 Å². The van der Waals surface area contributed by atoms with E-state index in [1.54, 1.807) is 18.4 Å². The SMILES string of the molecule is Clc1ccc(NCc2ccco2)nn1. The van der Waals surface area contributed by atoms with E-state index in [9.17, 15) is 0 Å². The standard InChI is InChI=1S/C9H8ClN3O/c10-8-3-4-9(13-12-8)11-6-7-2-1-5-14-7/h1-5H,6H2,(H,11,13). The Kier molecular flexibility index (Phi) is 2.65. The fourth-order valence-corrected chi connectivity index (χ4v) is 1.10. The van der Waals surface area contributed by atoms with Crippen LogP contribution < -0.4 is 5.32 Å². The van der Waals surface area contributed by atoms with Crippen LogP contribution in [0.4, 0.5) is 5.82 Å². The molecule has 0 bridgehead atoms. The van der Waals surface area contributed by atoms with Crippen molar-refractivity contribution in [2.75, 3.05) is 5.32 Å². The quantitative estimate of drug-likeness (QED) is 0.843. The summed E-state index contributed by atoms with van der Waals surface area (Å²) in [5.41, 5.74) is 0.